The molecule has 0 atom stereocenters. The fourth-order valence-corrected chi connectivity index (χ4v) is 1.03. The highest BCUT2D eigenvalue weighted by atomic mass is 16.1. The maximum atomic E-state index is 11.6. The summed E-state index contributed by atoms with van der Waals surface area (Å²) in [6, 6.07) is 2.08. The highest BCUT2D eigenvalue weighted by Crippen LogP contribution is 2.04. The van der Waals surface area contributed by atoms with E-state index in [4.69, 9.17) is 5.26 Å². The summed E-state index contributed by atoms with van der Waals surface area (Å²) in [6.45, 7) is 7.66. The zero-order valence-electron chi connectivity index (χ0n) is 10.1. The van der Waals surface area contributed by atoms with Crippen molar-refractivity contribution in [2.24, 2.45) is 0 Å². The van der Waals surface area contributed by atoms with Crippen molar-refractivity contribution in [2.45, 2.75) is 52.5 Å². The molecule has 1 N–H and O–H groups in total. The van der Waals surface area contributed by atoms with Gasteiger partial charge in [-0.15, -0.1) is 0 Å². The second-order valence-corrected chi connectivity index (χ2v) is 4.64. The zero-order chi connectivity index (χ0) is 11.9. The fourth-order valence-electron chi connectivity index (χ4n) is 1.03. The van der Waals surface area contributed by atoms with E-state index in [1.807, 2.05) is 26.8 Å². The molecule has 15 heavy (non-hydrogen) atoms. The molecule has 0 bridgehead atoms. The molecule has 0 saturated heterocycles. The van der Waals surface area contributed by atoms with Crippen molar-refractivity contribution in [1.29, 1.82) is 5.26 Å². The topological polar surface area (TPSA) is 52.9 Å². The van der Waals surface area contributed by atoms with E-state index in [0.29, 0.717) is 6.42 Å². The molecule has 0 rings (SSSR count). The first-order chi connectivity index (χ1) is 6.87. The molecule has 3 nitrogen and oxygen atoms in total. The molecule has 0 aromatic rings. The summed E-state index contributed by atoms with van der Waals surface area (Å²) >= 11 is 0. The van der Waals surface area contributed by atoms with Gasteiger partial charge in [0.05, 0.1) is 6.07 Å². The Morgan fingerprint density at radius 3 is 2.53 bits per heavy atom. The second kappa shape index (κ2) is 6.23. The highest BCUT2D eigenvalue weighted by Gasteiger charge is 2.14. The Hall–Kier alpha value is -1.30. The summed E-state index contributed by atoms with van der Waals surface area (Å²) in [5, 5.41) is 11.2. The largest absolute Gasteiger partial charge is 0.348 e. The van der Waals surface area contributed by atoms with E-state index in [1.165, 1.54) is 0 Å². The van der Waals surface area contributed by atoms with Gasteiger partial charge in [0.2, 0.25) is 5.91 Å². The number of carbonyl (C=O) groups excluding carboxylic acids is 1. The number of hydrogen-bond acceptors (Lipinski definition) is 2. The molecular weight excluding hydrogens is 188 g/mol. The van der Waals surface area contributed by atoms with Gasteiger partial charge in [-0.3, -0.25) is 4.79 Å². The molecule has 0 spiro atoms. The van der Waals surface area contributed by atoms with E-state index < -0.39 is 0 Å². The van der Waals surface area contributed by atoms with Crippen LogP contribution in [0.25, 0.3) is 0 Å². The Morgan fingerprint density at radius 2 is 2.07 bits per heavy atom. The molecule has 0 fully saturated rings. The van der Waals surface area contributed by atoms with Gasteiger partial charge in [0.1, 0.15) is 0 Å². The van der Waals surface area contributed by atoms with Crippen molar-refractivity contribution in [2.75, 3.05) is 0 Å². The lowest BCUT2D eigenvalue weighted by Gasteiger charge is -2.20. The van der Waals surface area contributed by atoms with Crippen LogP contribution in [0.5, 0.6) is 0 Å². The molecule has 84 valence electrons. The number of nitrogens with zero attached hydrogens (tertiary/aromatic N) is 1. The molecule has 0 saturated carbocycles. The van der Waals surface area contributed by atoms with Crippen molar-refractivity contribution in [3.05, 3.63) is 11.6 Å². The Kier molecular flexibility index (Phi) is 5.69. The van der Waals surface area contributed by atoms with Gasteiger partial charge in [-0.2, -0.15) is 5.26 Å². The quantitative estimate of drug-likeness (QED) is 0.570. The summed E-state index contributed by atoms with van der Waals surface area (Å²) in [5.41, 5.74) is 0.529. The van der Waals surface area contributed by atoms with E-state index in [1.54, 1.807) is 6.92 Å². The van der Waals surface area contributed by atoms with Crippen LogP contribution in [0, 0.1) is 11.3 Å². The van der Waals surface area contributed by atoms with E-state index in [2.05, 4.69) is 11.4 Å². The van der Waals surface area contributed by atoms with Crippen LogP contribution in [0.4, 0.5) is 0 Å². The van der Waals surface area contributed by atoms with Gasteiger partial charge in [0.15, 0.2) is 0 Å². The molecule has 0 aromatic carbocycles. The van der Waals surface area contributed by atoms with Gasteiger partial charge < -0.3 is 5.32 Å². The minimum atomic E-state index is -0.196. The first-order valence-corrected chi connectivity index (χ1v) is 5.23. The third kappa shape index (κ3) is 7.75. The van der Waals surface area contributed by atoms with Gasteiger partial charge in [0.25, 0.3) is 0 Å². The molecular formula is C12H20N2O. The first-order valence-electron chi connectivity index (χ1n) is 5.23. The zero-order valence-corrected chi connectivity index (χ0v) is 10.1. The Morgan fingerprint density at radius 1 is 1.47 bits per heavy atom. The van der Waals surface area contributed by atoms with Crippen molar-refractivity contribution in [3.8, 4) is 6.07 Å². The number of allylic oxidation sites excluding steroid dienone is 1. The van der Waals surface area contributed by atoms with Crippen LogP contribution in [-0.2, 0) is 4.79 Å². The summed E-state index contributed by atoms with van der Waals surface area (Å²) in [6.07, 6.45) is 4.04. The molecule has 0 heterocycles. The number of rotatable bonds is 4. The number of carbonyl (C=O) groups is 1. The highest BCUT2D eigenvalue weighted by molar-refractivity contribution is 5.93. The number of nitriles is 1. The predicted molar refractivity (Wildman–Crippen MR) is 61.1 cm³/mol. The fraction of sp³-hybridized carbons (Fsp3) is 0.667. The first kappa shape index (κ1) is 13.7. The van der Waals surface area contributed by atoms with Crippen molar-refractivity contribution in [1.82, 2.24) is 5.32 Å². The van der Waals surface area contributed by atoms with Crippen LogP contribution >= 0.6 is 0 Å². The lowest BCUT2D eigenvalue weighted by Crippen LogP contribution is -2.40. The SMILES string of the molecule is C/C(=C\CCCC#N)C(=O)NC(C)(C)C. The Labute approximate surface area is 92.2 Å². The normalized spacial score (nSPS) is 12.1. The maximum Gasteiger partial charge on any atom is 0.246 e. The standard InChI is InChI=1S/C12H20N2O/c1-10(8-6-5-7-9-13)11(15)14-12(2,3)4/h8H,5-7H2,1-4H3,(H,14,15)/b10-8+. The monoisotopic (exact) mass is 208 g/mol. The summed E-state index contributed by atoms with van der Waals surface area (Å²) in [7, 11) is 0. The average Bonchev–Trinajstić information content (AvgIpc) is 2.09. The average molecular weight is 208 g/mol. The van der Waals surface area contributed by atoms with Crippen LogP contribution in [0.2, 0.25) is 0 Å². The molecule has 0 aliphatic rings. The van der Waals surface area contributed by atoms with E-state index in [9.17, 15) is 4.79 Å². The van der Waals surface area contributed by atoms with Gasteiger partial charge in [-0.1, -0.05) is 6.08 Å². The number of nitrogens with one attached hydrogen (secondary N) is 1. The Balaban J connectivity index is 4.04. The minimum absolute atomic E-state index is 0.0283. The Bertz CT molecular complexity index is 279. The molecule has 0 aromatic heterocycles. The molecule has 0 unspecified atom stereocenters. The van der Waals surface area contributed by atoms with Gasteiger partial charge in [-0.25, -0.2) is 0 Å². The third-order valence-corrected chi connectivity index (χ3v) is 1.79. The lowest BCUT2D eigenvalue weighted by molar-refractivity contribution is -0.118. The second-order valence-electron chi connectivity index (χ2n) is 4.64. The summed E-state index contributed by atoms with van der Waals surface area (Å²) in [5.74, 6) is -0.0283. The van der Waals surface area contributed by atoms with Crippen LogP contribution < -0.4 is 5.32 Å². The van der Waals surface area contributed by atoms with Gasteiger partial charge >= 0.3 is 0 Å². The van der Waals surface area contributed by atoms with E-state index in [0.717, 1.165) is 18.4 Å². The van der Waals surface area contributed by atoms with Crippen molar-refractivity contribution < 1.29 is 4.79 Å². The molecule has 0 aliphatic heterocycles. The number of amides is 1. The maximum absolute atomic E-state index is 11.6. The minimum Gasteiger partial charge on any atom is -0.348 e. The van der Waals surface area contributed by atoms with Crippen LogP contribution in [0.1, 0.15) is 47.0 Å². The molecule has 0 radical (unpaired) electrons. The van der Waals surface area contributed by atoms with E-state index in [-0.39, 0.29) is 11.4 Å². The van der Waals surface area contributed by atoms with Crippen molar-refractivity contribution in [3.63, 3.8) is 0 Å². The van der Waals surface area contributed by atoms with Gasteiger partial charge in [0, 0.05) is 17.5 Å². The lowest BCUT2D eigenvalue weighted by atomic mass is 10.1. The summed E-state index contributed by atoms with van der Waals surface area (Å²) in [4.78, 5) is 11.6. The van der Waals surface area contributed by atoms with Crippen molar-refractivity contribution >= 4 is 5.91 Å². The summed E-state index contributed by atoms with van der Waals surface area (Å²) < 4.78 is 0. The number of unbranched alkanes of at least 4 members (excludes halogenated alkanes) is 2. The smallest absolute Gasteiger partial charge is 0.246 e. The third-order valence-electron chi connectivity index (χ3n) is 1.79. The van der Waals surface area contributed by atoms with E-state index >= 15 is 0 Å². The number of hydrogen-bond donors (Lipinski definition) is 1. The molecule has 1 amide bonds. The van der Waals surface area contributed by atoms with Crippen LogP contribution in [-0.4, -0.2) is 11.4 Å². The molecule has 3 heteroatoms. The van der Waals surface area contributed by atoms with Gasteiger partial charge in [-0.05, 0) is 40.5 Å². The van der Waals surface area contributed by atoms with Crippen LogP contribution in [0.15, 0.2) is 11.6 Å². The predicted octanol–water partition coefficient (Wildman–Crippen LogP) is 2.54. The van der Waals surface area contributed by atoms with Crippen LogP contribution in [0.3, 0.4) is 0 Å². The molecule has 0 aliphatic carbocycles.